The van der Waals surface area contributed by atoms with Gasteiger partial charge in [-0.3, -0.25) is 0 Å². The Bertz CT molecular complexity index is 2450. The van der Waals surface area contributed by atoms with Crippen molar-refractivity contribution in [2.45, 2.75) is 41.5 Å². The Morgan fingerprint density at radius 1 is 0.388 bits per heavy atom. The molecule has 8 aromatic rings. The maximum absolute atomic E-state index is 5.33. The van der Waals surface area contributed by atoms with Gasteiger partial charge in [0.2, 0.25) is 0 Å². The zero-order valence-corrected chi connectivity index (χ0v) is 28.8. The Morgan fingerprint density at radius 2 is 0.776 bits per heavy atom. The first-order chi connectivity index (χ1) is 23.7. The molecule has 0 spiro atoms. The van der Waals surface area contributed by atoms with Crippen LogP contribution in [-0.4, -0.2) is 15.0 Å². The maximum Gasteiger partial charge on any atom is 0.0730 e. The van der Waals surface area contributed by atoms with Gasteiger partial charge >= 0.3 is 0 Å². The molecule has 0 atom stereocenters. The molecule has 3 aromatic heterocycles. The SMILES string of the molecule is Cc1cc(C)c(-c2cc3c4[nH]c5c(cc(-c6c(C)cc(C)cc6C)cc5c4c2)-c2cccc(n2)-c2cccc(c2)-c2cccc-3n2)c(C)c1. The largest absolute Gasteiger partial charge is 0.353 e. The van der Waals surface area contributed by atoms with Crippen LogP contribution in [0.5, 0.6) is 0 Å². The van der Waals surface area contributed by atoms with Crippen LogP contribution >= 0.6 is 0 Å². The summed E-state index contributed by atoms with van der Waals surface area (Å²) >= 11 is 0. The van der Waals surface area contributed by atoms with E-state index in [1.807, 2.05) is 0 Å². The third kappa shape index (κ3) is 4.72. The van der Waals surface area contributed by atoms with E-state index < -0.39 is 0 Å². The molecular weight excluding hydrogens is 595 g/mol. The van der Waals surface area contributed by atoms with Crippen molar-refractivity contribution >= 4 is 21.8 Å². The topological polar surface area (TPSA) is 41.6 Å². The summed E-state index contributed by atoms with van der Waals surface area (Å²) in [6, 6.07) is 40.0. The summed E-state index contributed by atoms with van der Waals surface area (Å²) in [6.07, 6.45) is 0. The van der Waals surface area contributed by atoms with Gasteiger partial charge in [0.25, 0.3) is 0 Å². The van der Waals surface area contributed by atoms with Crippen LogP contribution in [0.1, 0.15) is 33.4 Å². The van der Waals surface area contributed by atoms with Crippen LogP contribution < -0.4 is 0 Å². The molecule has 8 bridgehead atoms. The number of rotatable bonds is 2. The summed E-state index contributed by atoms with van der Waals surface area (Å²) < 4.78 is 0. The van der Waals surface area contributed by atoms with Crippen LogP contribution in [0.4, 0.5) is 0 Å². The van der Waals surface area contributed by atoms with E-state index in [0.717, 1.165) is 56.1 Å². The van der Waals surface area contributed by atoms with Gasteiger partial charge < -0.3 is 4.98 Å². The van der Waals surface area contributed by atoms with Gasteiger partial charge in [0.15, 0.2) is 0 Å². The molecular formula is C46H37N3. The van der Waals surface area contributed by atoms with E-state index in [1.165, 1.54) is 66.4 Å². The first kappa shape index (κ1) is 29.3. The standard InChI is InChI=1S/C46H37N3/c1-25-16-27(3)43(28(4)17-25)33-21-35-36-22-34(44-29(5)18-26(2)19-30(44)6)24-38-42-15-9-13-40(48-42)32-11-7-10-31(20-32)39-12-8-14-41(47-39)37(23-33)45(35)49-46(36)38/h7-24,49H,1-6H3. The molecule has 3 heteroatoms. The summed E-state index contributed by atoms with van der Waals surface area (Å²) in [7, 11) is 0. The van der Waals surface area contributed by atoms with Gasteiger partial charge in [-0.2, -0.15) is 0 Å². The monoisotopic (exact) mass is 631 g/mol. The second-order valence-corrected chi connectivity index (χ2v) is 14.0. The normalized spacial score (nSPS) is 11.9. The highest BCUT2D eigenvalue weighted by molar-refractivity contribution is 6.17. The van der Waals surface area contributed by atoms with E-state index in [-0.39, 0.29) is 0 Å². The molecule has 9 rings (SSSR count). The number of pyridine rings is 2. The third-order valence-corrected chi connectivity index (χ3v) is 10.3. The van der Waals surface area contributed by atoms with Gasteiger partial charge in [-0.15, -0.1) is 0 Å². The average molecular weight is 632 g/mol. The Labute approximate surface area is 287 Å². The minimum absolute atomic E-state index is 0.943. The van der Waals surface area contributed by atoms with Gasteiger partial charge in [0.1, 0.15) is 0 Å². The van der Waals surface area contributed by atoms with Gasteiger partial charge in [-0.1, -0.05) is 65.7 Å². The van der Waals surface area contributed by atoms with E-state index in [9.17, 15) is 0 Å². The molecule has 0 saturated heterocycles. The summed E-state index contributed by atoms with van der Waals surface area (Å²) in [4.78, 5) is 14.6. The zero-order chi connectivity index (χ0) is 33.6. The van der Waals surface area contributed by atoms with Crippen LogP contribution in [0.15, 0.2) is 109 Å². The molecule has 0 unspecified atom stereocenters. The second-order valence-electron chi connectivity index (χ2n) is 14.0. The molecule has 0 fully saturated rings. The highest BCUT2D eigenvalue weighted by atomic mass is 14.8. The van der Waals surface area contributed by atoms with Crippen LogP contribution in [-0.2, 0) is 0 Å². The fourth-order valence-corrected chi connectivity index (χ4v) is 8.40. The molecule has 0 saturated carbocycles. The van der Waals surface area contributed by atoms with Gasteiger partial charge in [0, 0.05) is 33.0 Å². The summed E-state index contributed by atoms with van der Waals surface area (Å²) in [6.45, 7) is 13.3. The minimum Gasteiger partial charge on any atom is -0.353 e. The molecule has 49 heavy (non-hydrogen) atoms. The van der Waals surface area contributed by atoms with Crippen molar-refractivity contribution in [2.75, 3.05) is 0 Å². The number of aromatic nitrogens is 3. The van der Waals surface area contributed by atoms with E-state index in [1.54, 1.807) is 0 Å². The second kappa shape index (κ2) is 10.9. The van der Waals surface area contributed by atoms with E-state index in [4.69, 9.17) is 9.97 Å². The number of aromatic amines is 1. The minimum atomic E-state index is 0.943. The molecule has 1 N–H and O–H groups in total. The molecule has 0 amide bonds. The molecule has 4 heterocycles. The number of nitrogens with one attached hydrogen (secondary N) is 1. The fourth-order valence-electron chi connectivity index (χ4n) is 8.40. The Kier molecular flexibility index (Phi) is 6.51. The van der Waals surface area contributed by atoms with Crippen molar-refractivity contribution in [3.63, 3.8) is 0 Å². The predicted octanol–water partition coefficient (Wildman–Crippen LogP) is 12.3. The van der Waals surface area contributed by atoms with E-state index >= 15 is 0 Å². The van der Waals surface area contributed by atoms with Gasteiger partial charge in [-0.05, 0) is 141 Å². The summed E-state index contributed by atoms with van der Waals surface area (Å²) in [5, 5.41) is 2.37. The number of aryl methyl sites for hydroxylation is 6. The van der Waals surface area contributed by atoms with Crippen LogP contribution in [0.2, 0.25) is 0 Å². The lowest BCUT2D eigenvalue weighted by Crippen LogP contribution is -1.94. The number of fused-ring (bicyclic) bond motifs is 11. The lowest BCUT2D eigenvalue weighted by molar-refractivity contribution is 1.30. The quantitative estimate of drug-likeness (QED) is 0.206. The molecule has 1 aliphatic rings. The van der Waals surface area contributed by atoms with Crippen molar-refractivity contribution in [1.29, 1.82) is 0 Å². The fraction of sp³-hybridized carbons (Fsp3) is 0.130. The first-order valence-electron chi connectivity index (χ1n) is 17.1. The van der Waals surface area contributed by atoms with Crippen LogP contribution in [0.3, 0.4) is 0 Å². The Balaban J connectivity index is 1.48. The van der Waals surface area contributed by atoms with Gasteiger partial charge in [-0.25, -0.2) is 9.97 Å². The molecule has 3 nitrogen and oxygen atoms in total. The zero-order valence-electron chi connectivity index (χ0n) is 28.8. The van der Waals surface area contributed by atoms with Crippen molar-refractivity contribution in [1.82, 2.24) is 15.0 Å². The summed E-state index contributed by atoms with van der Waals surface area (Å²) in [5.74, 6) is 0. The van der Waals surface area contributed by atoms with Crippen molar-refractivity contribution < 1.29 is 0 Å². The number of hydrogen-bond acceptors (Lipinski definition) is 2. The maximum atomic E-state index is 5.33. The predicted molar refractivity (Wildman–Crippen MR) is 206 cm³/mol. The number of nitrogens with zero attached hydrogens (tertiary/aromatic N) is 2. The number of hydrogen-bond donors (Lipinski definition) is 1. The lowest BCUT2D eigenvalue weighted by atomic mass is 9.89. The van der Waals surface area contributed by atoms with Crippen molar-refractivity contribution in [3.8, 4) is 67.3 Å². The molecule has 0 radical (unpaired) electrons. The lowest BCUT2D eigenvalue weighted by Gasteiger charge is -2.15. The summed E-state index contributed by atoms with van der Waals surface area (Å²) in [5.41, 5.74) is 22.9. The molecule has 1 aliphatic heterocycles. The smallest absolute Gasteiger partial charge is 0.0730 e. The third-order valence-electron chi connectivity index (χ3n) is 10.3. The highest BCUT2D eigenvalue weighted by Crippen LogP contribution is 2.44. The Morgan fingerprint density at radius 3 is 1.20 bits per heavy atom. The van der Waals surface area contributed by atoms with Crippen molar-refractivity contribution in [2.24, 2.45) is 0 Å². The average Bonchev–Trinajstić information content (AvgIpc) is 3.45. The molecule has 5 aromatic carbocycles. The number of benzene rings is 5. The molecule has 236 valence electrons. The number of H-pyrrole nitrogens is 1. The van der Waals surface area contributed by atoms with Crippen LogP contribution in [0.25, 0.3) is 89.1 Å². The van der Waals surface area contributed by atoms with Gasteiger partial charge in [0.05, 0.1) is 33.8 Å². The van der Waals surface area contributed by atoms with E-state index in [0.29, 0.717) is 0 Å². The Hall–Kier alpha value is -5.80. The highest BCUT2D eigenvalue weighted by Gasteiger charge is 2.21. The first-order valence-corrected chi connectivity index (χ1v) is 17.1. The van der Waals surface area contributed by atoms with Crippen molar-refractivity contribution in [3.05, 3.63) is 143 Å². The van der Waals surface area contributed by atoms with E-state index in [2.05, 4.69) is 156 Å². The van der Waals surface area contributed by atoms with Crippen LogP contribution in [0, 0.1) is 41.5 Å². The molecule has 0 aliphatic carbocycles.